The fourth-order valence-corrected chi connectivity index (χ4v) is 1.83. The van der Waals surface area contributed by atoms with Crippen LogP contribution in [-0.2, 0) is 4.79 Å². The summed E-state index contributed by atoms with van der Waals surface area (Å²) in [5.74, 6) is 0.461. The summed E-state index contributed by atoms with van der Waals surface area (Å²) in [6.07, 6.45) is 16.9. The average molecular weight is 236 g/mol. The van der Waals surface area contributed by atoms with Crippen molar-refractivity contribution in [1.29, 1.82) is 0 Å². The van der Waals surface area contributed by atoms with E-state index in [4.69, 9.17) is 0 Å². The van der Waals surface area contributed by atoms with E-state index >= 15 is 0 Å². The van der Waals surface area contributed by atoms with Crippen LogP contribution in [0.3, 0.4) is 0 Å². The number of rotatable bonds is 12. The molecule has 1 nitrogen and oxygen atoms in total. The quantitative estimate of drug-likeness (QED) is 0.335. The van der Waals surface area contributed by atoms with E-state index in [0.29, 0.717) is 5.78 Å². The van der Waals surface area contributed by atoms with Gasteiger partial charge in [-0.1, -0.05) is 57.4 Å². The molecule has 0 saturated heterocycles. The third-order valence-corrected chi connectivity index (χ3v) is 2.91. The molecule has 0 unspecified atom stereocenters. The van der Waals surface area contributed by atoms with Crippen LogP contribution in [0.25, 0.3) is 0 Å². The molecule has 0 atom stereocenters. The van der Waals surface area contributed by atoms with Crippen molar-refractivity contribution in [2.75, 3.05) is 0 Å². The lowest BCUT2D eigenvalue weighted by Gasteiger charge is -2.00. The topological polar surface area (TPSA) is 17.1 Å². The fourth-order valence-electron chi connectivity index (χ4n) is 1.83. The summed E-state index contributed by atoms with van der Waals surface area (Å²) in [4.78, 5) is 11.5. The molecule has 0 bridgehead atoms. The number of allylic oxidation sites excluding steroid dienone is 3. The number of Topliss-reactive ketones (excluding diaryl/α,β-unsaturated/α-hetero) is 1. The normalized spacial score (nSPS) is 10.9. The zero-order valence-electron chi connectivity index (χ0n) is 11.4. The van der Waals surface area contributed by atoms with Gasteiger partial charge in [-0.05, 0) is 25.7 Å². The molecule has 0 heterocycles. The van der Waals surface area contributed by atoms with Crippen LogP contribution in [0.5, 0.6) is 0 Å². The van der Waals surface area contributed by atoms with E-state index in [1.165, 1.54) is 32.1 Å². The molecule has 0 aromatic carbocycles. The minimum atomic E-state index is 0.461. The number of carbonyl (C=O) groups is 1. The SMILES string of the molecule is C=C/C=C\CCCCCC(=O)CCCCCC. The van der Waals surface area contributed by atoms with Crippen LogP contribution in [0.1, 0.15) is 71.1 Å². The van der Waals surface area contributed by atoms with Crippen LogP contribution in [0.15, 0.2) is 24.8 Å². The van der Waals surface area contributed by atoms with E-state index in [9.17, 15) is 4.79 Å². The first-order valence-corrected chi connectivity index (χ1v) is 7.10. The first kappa shape index (κ1) is 16.1. The highest BCUT2D eigenvalue weighted by Gasteiger charge is 2.00. The van der Waals surface area contributed by atoms with E-state index in [-0.39, 0.29) is 0 Å². The first-order chi connectivity index (χ1) is 8.31. The Hall–Kier alpha value is -0.850. The highest BCUT2D eigenvalue weighted by molar-refractivity contribution is 5.78. The molecule has 17 heavy (non-hydrogen) atoms. The molecule has 0 N–H and O–H groups in total. The lowest BCUT2D eigenvalue weighted by molar-refractivity contribution is -0.119. The molecule has 0 aromatic rings. The molecule has 0 aliphatic rings. The molecule has 0 rings (SSSR count). The Bertz CT molecular complexity index is 216. The highest BCUT2D eigenvalue weighted by atomic mass is 16.1. The summed E-state index contributed by atoms with van der Waals surface area (Å²) in [5.41, 5.74) is 0. The smallest absolute Gasteiger partial charge is 0.132 e. The molecule has 0 aliphatic carbocycles. The minimum Gasteiger partial charge on any atom is -0.300 e. The Morgan fingerprint density at radius 3 is 2.24 bits per heavy atom. The number of hydrogen-bond donors (Lipinski definition) is 0. The largest absolute Gasteiger partial charge is 0.300 e. The van der Waals surface area contributed by atoms with Crippen LogP contribution in [-0.4, -0.2) is 5.78 Å². The second kappa shape index (κ2) is 13.2. The zero-order chi connectivity index (χ0) is 12.8. The molecule has 0 amide bonds. The average Bonchev–Trinajstić information content (AvgIpc) is 2.33. The zero-order valence-corrected chi connectivity index (χ0v) is 11.4. The molecule has 0 fully saturated rings. The predicted molar refractivity (Wildman–Crippen MR) is 76.2 cm³/mol. The van der Waals surface area contributed by atoms with Gasteiger partial charge in [0.15, 0.2) is 0 Å². The van der Waals surface area contributed by atoms with Gasteiger partial charge in [-0.25, -0.2) is 0 Å². The van der Waals surface area contributed by atoms with Gasteiger partial charge in [0.05, 0.1) is 0 Å². The van der Waals surface area contributed by atoms with Crippen LogP contribution < -0.4 is 0 Å². The standard InChI is InChI=1S/C16H28O/c1-3-5-7-9-10-11-13-15-16(17)14-12-8-6-4-2/h3,5,7H,1,4,6,8-15H2,2H3/b7-5-. The van der Waals surface area contributed by atoms with Gasteiger partial charge in [0.1, 0.15) is 5.78 Å². The summed E-state index contributed by atoms with van der Waals surface area (Å²) in [5, 5.41) is 0. The third kappa shape index (κ3) is 13.1. The highest BCUT2D eigenvalue weighted by Crippen LogP contribution is 2.09. The number of carbonyl (C=O) groups excluding carboxylic acids is 1. The van der Waals surface area contributed by atoms with Crippen LogP contribution >= 0.6 is 0 Å². The molecule has 0 saturated carbocycles. The van der Waals surface area contributed by atoms with Gasteiger partial charge >= 0.3 is 0 Å². The monoisotopic (exact) mass is 236 g/mol. The predicted octanol–water partition coefficient (Wildman–Crippen LogP) is 5.22. The van der Waals surface area contributed by atoms with E-state index in [0.717, 1.165) is 32.1 Å². The van der Waals surface area contributed by atoms with Gasteiger partial charge in [-0.2, -0.15) is 0 Å². The lowest BCUT2D eigenvalue weighted by atomic mass is 10.0. The fraction of sp³-hybridized carbons (Fsp3) is 0.688. The van der Waals surface area contributed by atoms with Crippen molar-refractivity contribution in [3.05, 3.63) is 24.8 Å². The van der Waals surface area contributed by atoms with Gasteiger partial charge in [0, 0.05) is 12.8 Å². The summed E-state index contributed by atoms with van der Waals surface area (Å²) in [6, 6.07) is 0. The minimum absolute atomic E-state index is 0.461. The molecule has 0 aromatic heterocycles. The van der Waals surface area contributed by atoms with Crippen molar-refractivity contribution < 1.29 is 4.79 Å². The molecule has 98 valence electrons. The molecular weight excluding hydrogens is 208 g/mol. The van der Waals surface area contributed by atoms with Crippen LogP contribution in [0.4, 0.5) is 0 Å². The first-order valence-electron chi connectivity index (χ1n) is 7.10. The van der Waals surface area contributed by atoms with Crippen molar-refractivity contribution in [2.45, 2.75) is 71.1 Å². The van der Waals surface area contributed by atoms with Gasteiger partial charge < -0.3 is 0 Å². The molecular formula is C16H28O. The van der Waals surface area contributed by atoms with Gasteiger partial charge in [-0.3, -0.25) is 4.79 Å². The van der Waals surface area contributed by atoms with Crippen molar-refractivity contribution >= 4 is 5.78 Å². The second-order valence-electron chi connectivity index (χ2n) is 4.61. The number of unbranched alkanes of at least 4 members (excludes halogenated alkanes) is 6. The summed E-state index contributed by atoms with van der Waals surface area (Å²) < 4.78 is 0. The van der Waals surface area contributed by atoms with Crippen molar-refractivity contribution in [1.82, 2.24) is 0 Å². The van der Waals surface area contributed by atoms with Gasteiger partial charge in [-0.15, -0.1) is 0 Å². The molecule has 1 heteroatoms. The second-order valence-corrected chi connectivity index (χ2v) is 4.61. The van der Waals surface area contributed by atoms with Crippen LogP contribution in [0, 0.1) is 0 Å². The lowest BCUT2D eigenvalue weighted by Crippen LogP contribution is -1.97. The molecule has 0 radical (unpaired) electrons. The van der Waals surface area contributed by atoms with E-state index < -0.39 is 0 Å². The summed E-state index contributed by atoms with van der Waals surface area (Å²) in [6.45, 7) is 5.83. The number of hydrogen-bond acceptors (Lipinski definition) is 1. The van der Waals surface area contributed by atoms with Gasteiger partial charge in [0.2, 0.25) is 0 Å². The van der Waals surface area contributed by atoms with Gasteiger partial charge in [0.25, 0.3) is 0 Å². The van der Waals surface area contributed by atoms with Crippen molar-refractivity contribution in [3.63, 3.8) is 0 Å². The Morgan fingerprint density at radius 1 is 1.00 bits per heavy atom. The Balaban J connectivity index is 3.21. The van der Waals surface area contributed by atoms with Crippen molar-refractivity contribution in [3.8, 4) is 0 Å². The third-order valence-electron chi connectivity index (χ3n) is 2.91. The Kier molecular flexibility index (Phi) is 12.6. The van der Waals surface area contributed by atoms with E-state index in [2.05, 4.69) is 19.6 Å². The molecule has 0 spiro atoms. The Morgan fingerprint density at radius 2 is 1.65 bits per heavy atom. The van der Waals surface area contributed by atoms with E-state index in [1.54, 1.807) is 6.08 Å². The molecule has 0 aliphatic heterocycles. The summed E-state index contributed by atoms with van der Waals surface area (Å²) >= 11 is 0. The van der Waals surface area contributed by atoms with Crippen LogP contribution in [0.2, 0.25) is 0 Å². The maximum Gasteiger partial charge on any atom is 0.132 e. The summed E-state index contributed by atoms with van der Waals surface area (Å²) in [7, 11) is 0. The maximum atomic E-state index is 11.5. The maximum absolute atomic E-state index is 11.5. The van der Waals surface area contributed by atoms with Crippen molar-refractivity contribution in [2.24, 2.45) is 0 Å². The number of ketones is 1. The Labute approximate surface area is 107 Å². The van der Waals surface area contributed by atoms with E-state index in [1.807, 2.05) is 6.08 Å².